The fourth-order valence-corrected chi connectivity index (χ4v) is 2.85. The average molecular weight is 252 g/mol. The van der Waals surface area contributed by atoms with Gasteiger partial charge in [0.1, 0.15) is 17.0 Å². The fourth-order valence-electron chi connectivity index (χ4n) is 1.49. The molecule has 6 heteroatoms. The lowest BCUT2D eigenvalue weighted by atomic mass is 10.2. The van der Waals surface area contributed by atoms with E-state index in [1.807, 2.05) is 6.92 Å². The summed E-state index contributed by atoms with van der Waals surface area (Å²) in [6.45, 7) is 1.83. The van der Waals surface area contributed by atoms with Gasteiger partial charge in [-0.15, -0.1) is 0 Å². The van der Waals surface area contributed by atoms with Gasteiger partial charge in [0.25, 0.3) is 10.0 Å². The molecule has 0 aliphatic rings. The number of aromatic nitrogens is 2. The third kappa shape index (κ3) is 2.03. The minimum Gasteiger partial charge on any atom is -0.495 e. The summed E-state index contributed by atoms with van der Waals surface area (Å²) in [5.74, 6) is 0.323. The molecule has 0 aliphatic carbocycles. The highest BCUT2D eigenvalue weighted by Gasteiger charge is 2.21. The summed E-state index contributed by atoms with van der Waals surface area (Å²) in [6, 6.07) is 5.01. The molecule has 0 saturated heterocycles. The van der Waals surface area contributed by atoms with Crippen LogP contribution >= 0.6 is 0 Å². The van der Waals surface area contributed by atoms with E-state index in [4.69, 9.17) is 4.74 Å². The average Bonchev–Trinajstić information content (AvgIpc) is 2.83. The summed E-state index contributed by atoms with van der Waals surface area (Å²) < 4.78 is 30.7. The molecule has 5 nitrogen and oxygen atoms in total. The highest BCUT2D eigenvalue weighted by atomic mass is 32.2. The molecule has 0 N–H and O–H groups in total. The largest absolute Gasteiger partial charge is 0.495 e. The van der Waals surface area contributed by atoms with E-state index >= 15 is 0 Å². The number of ether oxygens (including phenoxy) is 1. The van der Waals surface area contributed by atoms with Gasteiger partial charge in [0.15, 0.2) is 0 Å². The molecule has 0 amide bonds. The molecule has 1 aromatic heterocycles. The molecule has 0 saturated carbocycles. The maximum atomic E-state index is 12.3. The monoisotopic (exact) mass is 252 g/mol. The number of rotatable bonds is 3. The molecule has 0 atom stereocenters. The molecule has 0 spiro atoms. The number of nitrogens with zero attached hydrogens (tertiary/aromatic N) is 2. The van der Waals surface area contributed by atoms with Gasteiger partial charge in [-0.3, -0.25) is 0 Å². The van der Waals surface area contributed by atoms with E-state index in [0.717, 1.165) is 9.54 Å². The third-order valence-electron chi connectivity index (χ3n) is 2.35. The molecular weight excluding hydrogens is 240 g/mol. The van der Waals surface area contributed by atoms with Crippen LogP contribution in [0.4, 0.5) is 0 Å². The molecule has 17 heavy (non-hydrogen) atoms. The summed E-state index contributed by atoms with van der Waals surface area (Å²) in [5.41, 5.74) is 0.851. The van der Waals surface area contributed by atoms with Crippen LogP contribution in [0, 0.1) is 6.92 Å². The zero-order valence-electron chi connectivity index (χ0n) is 9.49. The summed E-state index contributed by atoms with van der Waals surface area (Å²) >= 11 is 0. The van der Waals surface area contributed by atoms with Crippen LogP contribution in [0.1, 0.15) is 5.56 Å². The zero-order chi connectivity index (χ0) is 12.5. The Hall–Kier alpha value is -1.82. The first-order valence-corrected chi connectivity index (χ1v) is 6.38. The normalized spacial score (nSPS) is 11.4. The molecule has 0 aliphatic heterocycles. The van der Waals surface area contributed by atoms with Crippen molar-refractivity contribution >= 4 is 10.0 Å². The van der Waals surface area contributed by atoms with Gasteiger partial charge in [-0.25, -0.2) is 17.4 Å². The molecule has 0 bridgehead atoms. The lowest BCUT2D eigenvalue weighted by Crippen LogP contribution is -2.12. The predicted molar refractivity (Wildman–Crippen MR) is 62.5 cm³/mol. The van der Waals surface area contributed by atoms with Crippen LogP contribution in [0.25, 0.3) is 0 Å². The summed E-state index contributed by atoms with van der Waals surface area (Å²) in [7, 11) is -2.19. The second-order valence-electron chi connectivity index (χ2n) is 3.55. The van der Waals surface area contributed by atoms with Crippen molar-refractivity contribution in [2.75, 3.05) is 7.11 Å². The molecule has 0 radical (unpaired) electrons. The van der Waals surface area contributed by atoms with Crippen molar-refractivity contribution in [2.24, 2.45) is 0 Å². The van der Waals surface area contributed by atoms with Crippen LogP contribution in [0.5, 0.6) is 5.75 Å². The quantitative estimate of drug-likeness (QED) is 0.829. The van der Waals surface area contributed by atoms with E-state index in [2.05, 4.69) is 4.98 Å². The third-order valence-corrected chi connectivity index (χ3v) is 4.00. The Kier molecular flexibility index (Phi) is 2.89. The predicted octanol–water partition coefficient (Wildman–Crippen LogP) is 1.44. The van der Waals surface area contributed by atoms with Crippen molar-refractivity contribution in [1.29, 1.82) is 0 Å². The molecular formula is C11H12N2O3S. The number of benzene rings is 1. The van der Waals surface area contributed by atoms with E-state index in [1.165, 1.54) is 25.8 Å². The van der Waals surface area contributed by atoms with E-state index in [9.17, 15) is 8.42 Å². The van der Waals surface area contributed by atoms with Crippen molar-refractivity contribution < 1.29 is 13.2 Å². The Morgan fingerprint density at radius 2 is 2.12 bits per heavy atom. The number of imidazole rings is 1. The van der Waals surface area contributed by atoms with Crippen molar-refractivity contribution in [3.8, 4) is 5.75 Å². The number of aryl methyl sites for hydroxylation is 1. The lowest BCUT2D eigenvalue weighted by molar-refractivity contribution is 0.402. The van der Waals surface area contributed by atoms with Crippen LogP contribution in [0.15, 0.2) is 41.8 Å². The SMILES string of the molecule is COc1ccc(C)cc1S(=O)(=O)n1ccnc1. The molecule has 0 fully saturated rings. The highest BCUT2D eigenvalue weighted by Crippen LogP contribution is 2.26. The van der Waals surface area contributed by atoms with Crippen LogP contribution in [-0.2, 0) is 10.0 Å². The van der Waals surface area contributed by atoms with Crippen molar-refractivity contribution in [3.05, 3.63) is 42.5 Å². The second kappa shape index (κ2) is 4.21. The lowest BCUT2D eigenvalue weighted by Gasteiger charge is -2.10. The first-order chi connectivity index (χ1) is 8.05. The maximum absolute atomic E-state index is 12.3. The molecule has 1 heterocycles. The summed E-state index contributed by atoms with van der Waals surface area (Å²) in [4.78, 5) is 3.87. The van der Waals surface area contributed by atoms with Gasteiger partial charge >= 0.3 is 0 Å². The van der Waals surface area contributed by atoms with Gasteiger partial charge in [-0.05, 0) is 24.6 Å². The summed E-state index contributed by atoms with van der Waals surface area (Å²) in [5, 5.41) is 0. The Labute approximate surface area is 99.7 Å². The van der Waals surface area contributed by atoms with Crippen LogP contribution in [-0.4, -0.2) is 24.5 Å². The first-order valence-electron chi connectivity index (χ1n) is 4.94. The Morgan fingerprint density at radius 1 is 1.35 bits per heavy atom. The van der Waals surface area contributed by atoms with Gasteiger partial charge in [0.05, 0.1) is 7.11 Å². The molecule has 2 rings (SSSR count). The van der Waals surface area contributed by atoms with Crippen LogP contribution in [0.3, 0.4) is 0 Å². The summed E-state index contributed by atoms with van der Waals surface area (Å²) in [6.07, 6.45) is 4.05. The van der Waals surface area contributed by atoms with E-state index < -0.39 is 10.0 Å². The minimum atomic E-state index is -3.63. The van der Waals surface area contributed by atoms with E-state index in [0.29, 0.717) is 5.75 Å². The topological polar surface area (TPSA) is 61.2 Å². The zero-order valence-corrected chi connectivity index (χ0v) is 10.3. The number of methoxy groups -OCH3 is 1. The first kappa shape index (κ1) is 11.7. The molecule has 1 aromatic carbocycles. The van der Waals surface area contributed by atoms with E-state index in [-0.39, 0.29) is 4.90 Å². The Balaban J connectivity index is 2.65. The minimum absolute atomic E-state index is 0.137. The van der Waals surface area contributed by atoms with Gasteiger partial charge in [0.2, 0.25) is 0 Å². The Morgan fingerprint density at radius 3 is 2.71 bits per heavy atom. The number of hydrogen-bond acceptors (Lipinski definition) is 4. The van der Waals surface area contributed by atoms with Gasteiger partial charge in [0, 0.05) is 12.4 Å². The Bertz CT molecular complexity index is 618. The van der Waals surface area contributed by atoms with Crippen molar-refractivity contribution in [2.45, 2.75) is 11.8 Å². The van der Waals surface area contributed by atoms with Gasteiger partial charge in [-0.2, -0.15) is 0 Å². The van der Waals surface area contributed by atoms with Crippen LogP contribution < -0.4 is 4.74 Å². The second-order valence-corrected chi connectivity index (χ2v) is 5.36. The standard InChI is InChI=1S/C11H12N2O3S/c1-9-3-4-10(16-2)11(7-9)17(14,15)13-6-5-12-8-13/h3-8H,1-2H3. The molecule has 2 aromatic rings. The molecule has 90 valence electrons. The van der Waals surface area contributed by atoms with Crippen molar-refractivity contribution in [3.63, 3.8) is 0 Å². The highest BCUT2D eigenvalue weighted by molar-refractivity contribution is 7.90. The van der Waals surface area contributed by atoms with E-state index in [1.54, 1.807) is 18.2 Å². The van der Waals surface area contributed by atoms with Crippen LogP contribution in [0.2, 0.25) is 0 Å². The molecule has 0 unspecified atom stereocenters. The van der Waals surface area contributed by atoms with Gasteiger partial charge in [-0.1, -0.05) is 6.07 Å². The van der Waals surface area contributed by atoms with Crippen molar-refractivity contribution in [1.82, 2.24) is 8.96 Å². The number of hydrogen-bond donors (Lipinski definition) is 0. The van der Waals surface area contributed by atoms with Gasteiger partial charge < -0.3 is 4.74 Å². The maximum Gasteiger partial charge on any atom is 0.272 e. The smallest absolute Gasteiger partial charge is 0.272 e. The fraction of sp³-hybridized carbons (Fsp3) is 0.182.